The highest BCUT2D eigenvalue weighted by Gasteiger charge is 2.26. The SMILES string of the molecule is CCN1C(=CC=CC2=CC(=Cc3sc4ccccc4[n+]3CC)CC(C)(C)C2)Sc2ccccc21. The van der Waals surface area contributed by atoms with E-state index in [1.54, 1.807) is 0 Å². The van der Waals surface area contributed by atoms with Crippen LogP contribution in [0.15, 0.2) is 93.9 Å². The second-order valence-corrected chi connectivity index (χ2v) is 11.9. The second kappa shape index (κ2) is 9.59. The van der Waals surface area contributed by atoms with Gasteiger partial charge in [0.25, 0.3) is 5.01 Å². The highest BCUT2D eigenvalue weighted by Crippen LogP contribution is 2.45. The fourth-order valence-electron chi connectivity index (χ4n) is 5.11. The average Bonchev–Trinajstić information content (AvgIpc) is 3.34. The van der Waals surface area contributed by atoms with Gasteiger partial charge in [-0.2, -0.15) is 4.57 Å². The number of hydrogen-bond donors (Lipinski definition) is 0. The van der Waals surface area contributed by atoms with Crippen LogP contribution in [-0.2, 0) is 6.54 Å². The lowest BCUT2D eigenvalue weighted by molar-refractivity contribution is -0.665. The first kappa shape index (κ1) is 23.2. The van der Waals surface area contributed by atoms with Gasteiger partial charge in [0.1, 0.15) is 11.2 Å². The molecule has 0 unspecified atom stereocenters. The zero-order chi connectivity index (χ0) is 23.7. The van der Waals surface area contributed by atoms with Crippen molar-refractivity contribution in [3.8, 4) is 0 Å². The summed E-state index contributed by atoms with van der Waals surface area (Å²) >= 11 is 3.76. The molecule has 1 aliphatic heterocycles. The predicted octanol–water partition coefficient (Wildman–Crippen LogP) is 8.37. The van der Waals surface area contributed by atoms with Gasteiger partial charge in [-0.3, -0.25) is 0 Å². The van der Waals surface area contributed by atoms with Crippen LogP contribution in [0.4, 0.5) is 5.69 Å². The van der Waals surface area contributed by atoms with Crippen LogP contribution >= 0.6 is 23.1 Å². The van der Waals surface area contributed by atoms with Gasteiger partial charge in [0.2, 0.25) is 5.52 Å². The van der Waals surface area contributed by atoms with Crippen molar-refractivity contribution in [3.05, 3.63) is 94.0 Å². The van der Waals surface area contributed by atoms with Crippen molar-refractivity contribution in [2.24, 2.45) is 5.41 Å². The van der Waals surface area contributed by atoms with Crippen molar-refractivity contribution in [2.45, 2.75) is 52.0 Å². The van der Waals surface area contributed by atoms with E-state index in [-0.39, 0.29) is 5.41 Å². The molecule has 174 valence electrons. The Kier molecular flexibility index (Phi) is 6.54. The number of para-hydroxylation sites is 2. The van der Waals surface area contributed by atoms with Crippen molar-refractivity contribution in [2.75, 3.05) is 11.4 Å². The van der Waals surface area contributed by atoms with E-state index in [4.69, 9.17) is 0 Å². The van der Waals surface area contributed by atoms with Gasteiger partial charge in [-0.05, 0) is 67.5 Å². The molecule has 0 saturated carbocycles. The molecule has 0 fully saturated rings. The Hall–Kier alpha value is -2.56. The number of aryl methyl sites for hydroxylation is 1. The van der Waals surface area contributed by atoms with E-state index in [0.717, 1.165) is 25.9 Å². The molecule has 2 nitrogen and oxygen atoms in total. The van der Waals surface area contributed by atoms with Gasteiger partial charge in [-0.25, -0.2) is 0 Å². The Morgan fingerprint density at radius 3 is 2.65 bits per heavy atom. The summed E-state index contributed by atoms with van der Waals surface area (Å²) in [6.07, 6.45) is 13.9. The van der Waals surface area contributed by atoms with Crippen molar-refractivity contribution < 1.29 is 4.57 Å². The number of benzene rings is 2. The third-order valence-electron chi connectivity index (χ3n) is 6.50. The number of rotatable bonds is 5. The van der Waals surface area contributed by atoms with Gasteiger partial charge in [0, 0.05) is 23.6 Å². The van der Waals surface area contributed by atoms with Gasteiger partial charge in [0.05, 0.1) is 10.7 Å². The first-order valence-electron chi connectivity index (χ1n) is 12.2. The van der Waals surface area contributed by atoms with Crippen LogP contribution in [0.1, 0.15) is 45.5 Å². The molecular formula is C30H33N2S2+. The van der Waals surface area contributed by atoms with E-state index in [0.29, 0.717) is 0 Å². The summed E-state index contributed by atoms with van der Waals surface area (Å²) in [4.78, 5) is 3.75. The summed E-state index contributed by atoms with van der Waals surface area (Å²) in [5.74, 6) is 0. The van der Waals surface area contributed by atoms with Crippen LogP contribution < -0.4 is 9.47 Å². The Bertz CT molecular complexity index is 1340. The Balaban J connectivity index is 1.43. The van der Waals surface area contributed by atoms with Crippen LogP contribution in [0.2, 0.25) is 0 Å². The molecule has 2 aromatic carbocycles. The summed E-state index contributed by atoms with van der Waals surface area (Å²) in [7, 11) is 0. The number of aromatic nitrogens is 1. The molecule has 1 aliphatic carbocycles. The Morgan fingerprint density at radius 1 is 1.03 bits per heavy atom. The lowest BCUT2D eigenvalue weighted by atomic mass is 9.75. The summed E-state index contributed by atoms with van der Waals surface area (Å²) < 4.78 is 3.80. The summed E-state index contributed by atoms with van der Waals surface area (Å²) in [6, 6.07) is 17.4. The second-order valence-electron chi connectivity index (χ2n) is 9.79. The smallest absolute Gasteiger partial charge is 0.263 e. The van der Waals surface area contributed by atoms with Gasteiger partial charge in [0.15, 0.2) is 0 Å². The highest BCUT2D eigenvalue weighted by molar-refractivity contribution is 8.03. The van der Waals surface area contributed by atoms with Crippen molar-refractivity contribution in [1.29, 1.82) is 0 Å². The third kappa shape index (κ3) is 4.67. The zero-order valence-electron chi connectivity index (χ0n) is 20.5. The molecule has 3 aromatic rings. The molecule has 0 N–H and O–H groups in total. The van der Waals surface area contributed by atoms with E-state index in [1.807, 2.05) is 23.1 Å². The molecule has 34 heavy (non-hydrogen) atoms. The van der Waals surface area contributed by atoms with Crippen LogP contribution in [0.5, 0.6) is 0 Å². The van der Waals surface area contributed by atoms with E-state index in [1.165, 1.54) is 42.0 Å². The Morgan fingerprint density at radius 2 is 1.82 bits per heavy atom. The maximum atomic E-state index is 2.44. The van der Waals surface area contributed by atoms with E-state index >= 15 is 0 Å². The minimum atomic E-state index is 0.259. The fourth-order valence-corrected chi connectivity index (χ4v) is 7.45. The number of thioether (sulfide) groups is 1. The van der Waals surface area contributed by atoms with Crippen molar-refractivity contribution in [3.63, 3.8) is 0 Å². The molecule has 1 aromatic heterocycles. The summed E-state index contributed by atoms with van der Waals surface area (Å²) in [5, 5.41) is 2.65. The maximum absolute atomic E-state index is 2.44. The van der Waals surface area contributed by atoms with Crippen LogP contribution in [0.25, 0.3) is 16.3 Å². The van der Waals surface area contributed by atoms with Gasteiger partial charge in [-0.1, -0.05) is 79.4 Å². The number of nitrogens with zero attached hydrogens (tertiary/aromatic N) is 2. The monoisotopic (exact) mass is 485 g/mol. The maximum Gasteiger partial charge on any atom is 0.263 e. The number of allylic oxidation sites excluding steroid dienone is 6. The predicted molar refractivity (Wildman–Crippen MR) is 149 cm³/mol. The number of hydrogen-bond acceptors (Lipinski definition) is 3. The highest BCUT2D eigenvalue weighted by atomic mass is 32.2. The van der Waals surface area contributed by atoms with Gasteiger partial charge >= 0.3 is 0 Å². The van der Waals surface area contributed by atoms with Crippen molar-refractivity contribution in [1.82, 2.24) is 0 Å². The minimum Gasteiger partial charge on any atom is -0.335 e. The molecule has 0 amide bonds. The normalized spacial score (nSPS) is 20.0. The molecule has 4 heteroatoms. The fraction of sp³-hybridized carbons (Fsp3) is 0.300. The molecule has 5 rings (SSSR count). The van der Waals surface area contributed by atoms with E-state index in [9.17, 15) is 0 Å². The summed E-state index contributed by atoms with van der Waals surface area (Å²) in [5.41, 5.74) is 5.76. The molecule has 0 spiro atoms. The third-order valence-corrected chi connectivity index (χ3v) is 8.74. The standard InChI is InChI=1S/C30H33N2S2/c1-5-31-24-13-7-9-15-26(24)33-28(31)17-11-12-22-18-23(21-30(3,4)20-22)19-29-32(6-2)25-14-8-10-16-27(25)34-29/h7-19H,5-6,20-21H2,1-4H3/q+1. The zero-order valence-corrected chi connectivity index (χ0v) is 22.2. The molecule has 0 bridgehead atoms. The Labute approximate surface area is 212 Å². The quantitative estimate of drug-likeness (QED) is 0.335. The molecule has 2 heterocycles. The van der Waals surface area contributed by atoms with Gasteiger partial charge < -0.3 is 4.90 Å². The first-order chi connectivity index (χ1) is 16.5. The molecular weight excluding hydrogens is 452 g/mol. The number of thiazole rings is 1. The number of anilines is 1. The lowest BCUT2D eigenvalue weighted by Crippen LogP contribution is -2.33. The number of fused-ring (bicyclic) bond motifs is 2. The lowest BCUT2D eigenvalue weighted by Gasteiger charge is -2.30. The minimum absolute atomic E-state index is 0.259. The van der Waals surface area contributed by atoms with Crippen molar-refractivity contribution >= 4 is 45.1 Å². The van der Waals surface area contributed by atoms with Crippen LogP contribution in [-0.4, -0.2) is 6.54 Å². The van der Waals surface area contributed by atoms with Crippen LogP contribution in [0, 0.1) is 5.41 Å². The topological polar surface area (TPSA) is 7.12 Å². The molecule has 0 saturated heterocycles. The van der Waals surface area contributed by atoms with E-state index in [2.05, 4.69) is 116 Å². The molecule has 0 radical (unpaired) electrons. The van der Waals surface area contributed by atoms with Crippen LogP contribution in [0.3, 0.4) is 0 Å². The molecule has 2 aliphatic rings. The molecule has 0 atom stereocenters. The van der Waals surface area contributed by atoms with Gasteiger partial charge in [-0.15, -0.1) is 0 Å². The average molecular weight is 486 g/mol. The van der Waals surface area contributed by atoms with E-state index < -0.39 is 0 Å². The first-order valence-corrected chi connectivity index (χ1v) is 13.9. The largest absolute Gasteiger partial charge is 0.335 e. The summed E-state index contributed by atoms with van der Waals surface area (Å²) in [6.45, 7) is 11.2.